The van der Waals surface area contributed by atoms with Gasteiger partial charge in [0, 0.05) is 6.42 Å². The molecule has 0 heterocycles. The van der Waals surface area contributed by atoms with Crippen LogP contribution in [0.4, 0.5) is 0 Å². The minimum Gasteiger partial charge on any atom is -0.481 e. The predicted octanol–water partition coefficient (Wildman–Crippen LogP) is 4.08. The average Bonchev–Trinajstić information content (AvgIpc) is 2.98. The summed E-state index contributed by atoms with van der Waals surface area (Å²) in [6.07, 6.45) is 6.23. The maximum absolute atomic E-state index is 11.7. The van der Waals surface area contributed by atoms with Gasteiger partial charge in [0.25, 0.3) is 0 Å². The first-order valence-electron chi connectivity index (χ1n) is 12.8. The van der Waals surface area contributed by atoms with Gasteiger partial charge in [-0.15, -0.1) is 0 Å². The van der Waals surface area contributed by atoms with Gasteiger partial charge in [-0.05, 0) is 97.2 Å². The number of carboxylic acid groups (broad SMARTS) is 1. The van der Waals surface area contributed by atoms with Crippen molar-refractivity contribution in [2.45, 2.75) is 104 Å². The summed E-state index contributed by atoms with van der Waals surface area (Å²) in [5.74, 6) is 1.01. The molecule has 4 rings (SSSR count). The number of aliphatic hydroxyl groups is 3. The highest BCUT2D eigenvalue weighted by atomic mass is 16.4. The number of hydrogen-bond donors (Lipinski definition) is 4. The van der Waals surface area contributed by atoms with Crippen LogP contribution < -0.4 is 0 Å². The third-order valence-corrected chi connectivity index (χ3v) is 10.9. The fraction of sp³-hybridized carbons (Fsp3) is 0.962. The van der Waals surface area contributed by atoms with Crippen molar-refractivity contribution in [1.82, 2.24) is 0 Å². The molecule has 0 radical (unpaired) electrons. The molecule has 0 aromatic rings. The second-order valence-electron chi connectivity index (χ2n) is 12.2. The fourth-order valence-electron chi connectivity index (χ4n) is 9.57. The van der Waals surface area contributed by atoms with Gasteiger partial charge in [-0.2, -0.15) is 0 Å². The molecule has 4 saturated carbocycles. The third kappa shape index (κ3) is 3.58. The van der Waals surface area contributed by atoms with Crippen molar-refractivity contribution in [1.29, 1.82) is 0 Å². The molecule has 4 N–H and O–H groups in total. The zero-order valence-corrected chi connectivity index (χ0v) is 19.8. The molecule has 178 valence electrons. The highest BCUT2D eigenvalue weighted by molar-refractivity contribution is 5.66. The van der Waals surface area contributed by atoms with Gasteiger partial charge in [0.2, 0.25) is 0 Å². The summed E-state index contributed by atoms with van der Waals surface area (Å²) in [7, 11) is 0. The van der Waals surface area contributed by atoms with Crippen molar-refractivity contribution >= 4 is 5.97 Å². The quantitative estimate of drug-likeness (QED) is 0.520. The lowest BCUT2D eigenvalue weighted by Crippen LogP contribution is -2.62. The molecule has 5 heteroatoms. The first-order chi connectivity index (χ1) is 14.5. The van der Waals surface area contributed by atoms with Crippen LogP contribution in [-0.4, -0.2) is 44.7 Å². The van der Waals surface area contributed by atoms with Gasteiger partial charge in [0.15, 0.2) is 0 Å². The molecule has 0 aromatic carbocycles. The summed E-state index contributed by atoms with van der Waals surface area (Å²) in [4.78, 5) is 11.1. The molecule has 4 fully saturated rings. The monoisotopic (exact) mass is 436 g/mol. The van der Waals surface area contributed by atoms with E-state index in [-0.39, 0.29) is 59.0 Å². The van der Waals surface area contributed by atoms with Crippen LogP contribution in [0.2, 0.25) is 0 Å². The van der Waals surface area contributed by atoms with E-state index in [0.29, 0.717) is 18.3 Å². The van der Waals surface area contributed by atoms with Gasteiger partial charge in [0.1, 0.15) is 0 Å². The molecule has 0 aliphatic heterocycles. The van der Waals surface area contributed by atoms with E-state index in [9.17, 15) is 20.1 Å². The Labute approximate surface area is 187 Å². The van der Waals surface area contributed by atoms with Crippen LogP contribution >= 0.6 is 0 Å². The highest BCUT2D eigenvalue weighted by Gasteiger charge is 2.66. The van der Waals surface area contributed by atoms with Crippen molar-refractivity contribution in [3.8, 4) is 0 Å². The number of aliphatic hydroxyl groups excluding tert-OH is 3. The normalized spacial score (nSPS) is 52.7. The van der Waals surface area contributed by atoms with Crippen LogP contribution in [-0.2, 0) is 4.79 Å². The lowest BCUT2D eigenvalue weighted by atomic mass is 9.41. The van der Waals surface area contributed by atoms with Crippen molar-refractivity contribution in [2.24, 2.45) is 52.3 Å². The van der Waals surface area contributed by atoms with Gasteiger partial charge >= 0.3 is 5.97 Å². The van der Waals surface area contributed by atoms with Crippen molar-refractivity contribution in [3.63, 3.8) is 0 Å². The number of fused-ring (bicyclic) bond motifs is 5. The van der Waals surface area contributed by atoms with E-state index in [4.69, 9.17) is 5.11 Å². The second-order valence-corrected chi connectivity index (χ2v) is 12.2. The molecule has 0 amide bonds. The Morgan fingerprint density at radius 2 is 1.68 bits per heavy atom. The first kappa shape index (κ1) is 23.5. The molecule has 12 atom stereocenters. The Hall–Kier alpha value is -0.650. The molecule has 0 saturated heterocycles. The van der Waals surface area contributed by atoms with Gasteiger partial charge < -0.3 is 20.4 Å². The van der Waals surface area contributed by atoms with Crippen LogP contribution in [0.15, 0.2) is 0 Å². The van der Waals surface area contributed by atoms with Crippen LogP contribution in [0, 0.1) is 52.3 Å². The summed E-state index contributed by atoms with van der Waals surface area (Å²) in [5, 5.41) is 42.5. The van der Waals surface area contributed by atoms with Gasteiger partial charge in [-0.3, -0.25) is 4.79 Å². The van der Waals surface area contributed by atoms with Crippen molar-refractivity contribution in [3.05, 3.63) is 0 Å². The molecule has 3 unspecified atom stereocenters. The van der Waals surface area contributed by atoms with E-state index in [2.05, 4.69) is 27.7 Å². The number of carbonyl (C=O) groups is 1. The maximum Gasteiger partial charge on any atom is 0.303 e. The maximum atomic E-state index is 11.7. The molecule has 0 bridgehead atoms. The van der Waals surface area contributed by atoms with E-state index in [0.717, 1.165) is 44.9 Å². The Morgan fingerprint density at radius 3 is 2.32 bits per heavy atom. The summed E-state index contributed by atoms with van der Waals surface area (Å²) in [6.45, 7) is 9.04. The number of hydrogen-bond acceptors (Lipinski definition) is 4. The lowest BCUT2D eigenvalue weighted by Gasteiger charge is -2.64. The molecule has 4 aliphatic carbocycles. The molecule has 0 aromatic heterocycles. The third-order valence-electron chi connectivity index (χ3n) is 10.9. The fourth-order valence-corrected chi connectivity index (χ4v) is 9.57. The number of rotatable bonds is 5. The van der Waals surface area contributed by atoms with Crippen LogP contribution in [0.25, 0.3) is 0 Å². The molecular formula is C26H44O5. The number of aliphatic carboxylic acids is 1. The minimum absolute atomic E-state index is 0.0465. The average molecular weight is 437 g/mol. The Bertz CT molecular complexity index is 681. The second kappa shape index (κ2) is 8.29. The molecule has 5 nitrogen and oxygen atoms in total. The molecule has 31 heavy (non-hydrogen) atoms. The number of carboxylic acids is 1. The SMILES string of the molecule is CC[C@H]1[C@@H](O)C2C3C[C@@H](O)[C@H]([C@H](C)CCC(=O)O)[C@@]3(C)CCC2[C@@]2(C)CC[C@@H](O)C[C@@H]12. The van der Waals surface area contributed by atoms with Crippen LogP contribution in [0.3, 0.4) is 0 Å². The summed E-state index contributed by atoms with van der Waals surface area (Å²) < 4.78 is 0. The topological polar surface area (TPSA) is 98.0 Å². The van der Waals surface area contributed by atoms with E-state index in [1.807, 2.05) is 0 Å². The lowest BCUT2D eigenvalue weighted by molar-refractivity contribution is -0.203. The summed E-state index contributed by atoms with van der Waals surface area (Å²) in [5.41, 5.74) is 0.109. The summed E-state index contributed by atoms with van der Waals surface area (Å²) >= 11 is 0. The van der Waals surface area contributed by atoms with E-state index < -0.39 is 12.1 Å². The largest absolute Gasteiger partial charge is 0.481 e. The van der Waals surface area contributed by atoms with E-state index in [1.165, 1.54) is 0 Å². The molecule has 4 aliphatic rings. The van der Waals surface area contributed by atoms with Gasteiger partial charge in [-0.25, -0.2) is 0 Å². The van der Waals surface area contributed by atoms with Crippen molar-refractivity contribution in [2.75, 3.05) is 0 Å². The Kier molecular flexibility index (Phi) is 6.28. The molecule has 0 spiro atoms. The zero-order chi connectivity index (χ0) is 22.7. The van der Waals surface area contributed by atoms with Crippen LogP contribution in [0.1, 0.15) is 85.5 Å². The zero-order valence-electron chi connectivity index (χ0n) is 19.8. The predicted molar refractivity (Wildman–Crippen MR) is 119 cm³/mol. The van der Waals surface area contributed by atoms with Gasteiger partial charge in [0.05, 0.1) is 18.3 Å². The van der Waals surface area contributed by atoms with E-state index >= 15 is 0 Å². The standard InChI is InChI=1S/C26H44O5/c1-5-16-18-12-15(27)8-10-25(18,3)17-9-11-26(4)19(22(17)24(16)31)13-20(28)23(26)14(2)6-7-21(29)30/h14-20,22-24,27-28,31H,5-13H2,1-4H3,(H,29,30)/t14-,15-,16-,17?,18+,19?,20-,22?,23+,24-,25-,26+/m1/s1. The smallest absolute Gasteiger partial charge is 0.303 e. The first-order valence-corrected chi connectivity index (χ1v) is 12.8. The molecular weight excluding hydrogens is 392 g/mol. The Balaban J connectivity index is 1.65. The highest BCUT2D eigenvalue weighted by Crippen LogP contribution is 2.69. The van der Waals surface area contributed by atoms with E-state index in [1.54, 1.807) is 0 Å². The summed E-state index contributed by atoms with van der Waals surface area (Å²) in [6, 6.07) is 0. The van der Waals surface area contributed by atoms with Gasteiger partial charge in [-0.1, -0.05) is 34.1 Å². The van der Waals surface area contributed by atoms with Crippen molar-refractivity contribution < 1.29 is 25.2 Å². The van der Waals surface area contributed by atoms with Crippen LogP contribution in [0.5, 0.6) is 0 Å². The Morgan fingerprint density at radius 1 is 1.00 bits per heavy atom. The minimum atomic E-state index is -0.767.